The molecule has 0 fully saturated rings. The van der Waals surface area contributed by atoms with Crippen molar-refractivity contribution >= 4 is 5.97 Å². The Balaban J connectivity index is 2.84. The van der Waals surface area contributed by atoms with Crippen molar-refractivity contribution in [2.24, 2.45) is 5.73 Å². The van der Waals surface area contributed by atoms with Gasteiger partial charge in [-0.25, -0.2) is 0 Å². The van der Waals surface area contributed by atoms with Gasteiger partial charge in [0.15, 0.2) is 0 Å². The van der Waals surface area contributed by atoms with Crippen LogP contribution in [0.5, 0.6) is 0 Å². The average Bonchev–Trinajstić information content (AvgIpc) is 2.31. The van der Waals surface area contributed by atoms with Crippen LogP contribution in [0.4, 0.5) is 0 Å². The summed E-state index contributed by atoms with van der Waals surface area (Å²) in [6.45, 7) is 2.11. The number of hydrogen-bond donors (Lipinski definition) is 2. The van der Waals surface area contributed by atoms with E-state index >= 15 is 0 Å². The van der Waals surface area contributed by atoms with Crippen molar-refractivity contribution in [2.45, 2.75) is 19.9 Å². The number of hydrogen-bond acceptors (Lipinski definition) is 3. The SMILES string of the molecule is Cc1cc(CN)oc1CC(=O)O. The number of furan rings is 1. The van der Waals surface area contributed by atoms with E-state index in [0.717, 1.165) is 5.56 Å². The van der Waals surface area contributed by atoms with Crippen LogP contribution in [0, 0.1) is 6.92 Å². The molecule has 66 valence electrons. The van der Waals surface area contributed by atoms with Gasteiger partial charge in [-0.2, -0.15) is 0 Å². The molecule has 1 aromatic rings. The van der Waals surface area contributed by atoms with Gasteiger partial charge < -0.3 is 15.3 Å². The molecule has 0 aliphatic rings. The number of carboxylic acid groups (broad SMARTS) is 1. The molecule has 0 radical (unpaired) electrons. The molecule has 0 saturated heterocycles. The normalized spacial score (nSPS) is 10.2. The number of rotatable bonds is 3. The minimum atomic E-state index is -0.893. The molecule has 1 aromatic heterocycles. The summed E-state index contributed by atoms with van der Waals surface area (Å²) in [5.74, 6) is 0.225. The summed E-state index contributed by atoms with van der Waals surface area (Å²) in [5.41, 5.74) is 6.17. The van der Waals surface area contributed by atoms with E-state index in [4.69, 9.17) is 15.3 Å². The summed E-state index contributed by atoms with van der Waals surface area (Å²) in [6.07, 6.45) is -0.0775. The fourth-order valence-electron chi connectivity index (χ4n) is 1.00. The highest BCUT2D eigenvalue weighted by atomic mass is 16.4. The van der Waals surface area contributed by atoms with Crippen molar-refractivity contribution in [3.63, 3.8) is 0 Å². The van der Waals surface area contributed by atoms with Crippen LogP contribution in [0.15, 0.2) is 10.5 Å². The van der Waals surface area contributed by atoms with Crippen LogP contribution in [0.25, 0.3) is 0 Å². The number of carboxylic acids is 1. The first-order chi connectivity index (χ1) is 5.63. The van der Waals surface area contributed by atoms with E-state index in [0.29, 0.717) is 18.1 Å². The van der Waals surface area contributed by atoms with Crippen molar-refractivity contribution in [3.8, 4) is 0 Å². The third kappa shape index (κ3) is 1.85. The van der Waals surface area contributed by atoms with E-state index in [-0.39, 0.29) is 6.42 Å². The molecule has 0 spiro atoms. The molecule has 1 heterocycles. The van der Waals surface area contributed by atoms with Crippen LogP contribution >= 0.6 is 0 Å². The Kier molecular flexibility index (Phi) is 2.50. The van der Waals surface area contributed by atoms with E-state index in [1.54, 1.807) is 13.0 Å². The van der Waals surface area contributed by atoms with Crippen molar-refractivity contribution in [2.75, 3.05) is 0 Å². The van der Waals surface area contributed by atoms with Gasteiger partial charge in [-0.05, 0) is 18.6 Å². The zero-order chi connectivity index (χ0) is 9.14. The van der Waals surface area contributed by atoms with E-state index in [9.17, 15) is 4.79 Å². The first-order valence-corrected chi connectivity index (χ1v) is 3.63. The maximum absolute atomic E-state index is 10.3. The molecular weight excluding hydrogens is 158 g/mol. The van der Waals surface area contributed by atoms with Gasteiger partial charge >= 0.3 is 5.97 Å². The van der Waals surface area contributed by atoms with Crippen LogP contribution in [0.2, 0.25) is 0 Å². The van der Waals surface area contributed by atoms with Crippen LogP contribution in [0.1, 0.15) is 17.1 Å². The zero-order valence-corrected chi connectivity index (χ0v) is 6.83. The summed E-state index contributed by atoms with van der Waals surface area (Å²) in [5, 5.41) is 8.48. The summed E-state index contributed by atoms with van der Waals surface area (Å²) in [6, 6.07) is 1.76. The highest BCUT2D eigenvalue weighted by Crippen LogP contribution is 2.14. The Labute approximate surface area is 70.0 Å². The van der Waals surface area contributed by atoms with Crippen LogP contribution in [0.3, 0.4) is 0 Å². The maximum atomic E-state index is 10.3. The van der Waals surface area contributed by atoms with Crippen LogP contribution in [-0.4, -0.2) is 11.1 Å². The Morgan fingerprint density at radius 1 is 1.75 bits per heavy atom. The van der Waals surface area contributed by atoms with Crippen molar-refractivity contribution < 1.29 is 14.3 Å². The third-order valence-electron chi connectivity index (χ3n) is 1.58. The van der Waals surface area contributed by atoms with Crippen molar-refractivity contribution in [3.05, 3.63) is 23.2 Å². The van der Waals surface area contributed by atoms with Gasteiger partial charge in [0.2, 0.25) is 0 Å². The molecule has 0 saturated carbocycles. The van der Waals surface area contributed by atoms with Crippen LogP contribution < -0.4 is 5.73 Å². The molecule has 3 N–H and O–H groups in total. The number of nitrogens with two attached hydrogens (primary N) is 1. The fourth-order valence-corrected chi connectivity index (χ4v) is 1.00. The minimum absolute atomic E-state index is 0.0775. The monoisotopic (exact) mass is 169 g/mol. The summed E-state index contributed by atoms with van der Waals surface area (Å²) >= 11 is 0. The molecule has 0 aliphatic heterocycles. The van der Waals surface area contributed by atoms with Gasteiger partial charge in [-0.15, -0.1) is 0 Å². The molecule has 1 rings (SSSR count). The first-order valence-electron chi connectivity index (χ1n) is 3.63. The lowest BCUT2D eigenvalue weighted by atomic mass is 10.2. The number of aliphatic carboxylic acids is 1. The van der Waals surface area contributed by atoms with Crippen LogP contribution in [-0.2, 0) is 17.8 Å². The highest BCUT2D eigenvalue weighted by Gasteiger charge is 2.09. The second kappa shape index (κ2) is 3.40. The number of aryl methyl sites for hydroxylation is 1. The van der Waals surface area contributed by atoms with Gasteiger partial charge in [0.05, 0.1) is 6.54 Å². The highest BCUT2D eigenvalue weighted by molar-refractivity contribution is 5.69. The Morgan fingerprint density at radius 3 is 2.83 bits per heavy atom. The largest absolute Gasteiger partial charge is 0.481 e. The molecule has 0 bridgehead atoms. The predicted molar refractivity (Wildman–Crippen MR) is 42.7 cm³/mol. The van der Waals surface area contributed by atoms with E-state index < -0.39 is 5.97 Å². The summed E-state index contributed by atoms with van der Waals surface area (Å²) < 4.78 is 5.17. The van der Waals surface area contributed by atoms with Gasteiger partial charge in [0.1, 0.15) is 17.9 Å². The molecule has 4 heteroatoms. The lowest BCUT2D eigenvalue weighted by molar-refractivity contribution is -0.136. The molecule has 0 amide bonds. The quantitative estimate of drug-likeness (QED) is 0.697. The molecule has 4 nitrogen and oxygen atoms in total. The van der Waals surface area contributed by atoms with Crippen molar-refractivity contribution in [1.82, 2.24) is 0 Å². The Morgan fingerprint density at radius 2 is 2.42 bits per heavy atom. The maximum Gasteiger partial charge on any atom is 0.311 e. The predicted octanol–water partition coefficient (Wildman–Crippen LogP) is 0.674. The Bertz CT molecular complexity index is 290. The zero-order valence-electron chi connectivity index (χ0n) is 6.83. The van der Waals surface area contributed by atoms with Gasteiger partial charge in [-0.3, -0.25) is 4.79 Å². The van der Waals surface area contributed by atoms with Gasteiger partial charge in [-0.1, -0.05) is 0 Å². The molecule has 0 unspecified atom stereocenters. The topological polar surface area (TPSA) is 76.5 Å². The summed E-state index contributed by atoms with van der Waals surface area (Å²) in [4.78, 5) is 10.3. The first kappa shape index (κ1) is 8.80. The Hall–Kier alpha value is -1.29. The fraction of sp³-hybridized carbons (Fsp3) is 0.375. The lowest BCUT2D eigenvalue weighted by Gasteiger charge is -1.91. The molecule has 12 heavy (non-hydrogen) atoms. The lowest BCUT2D eigenvalue weighted by Crippen LogP contribution is -1.99. The minimum Gasteiger partial charge on any atom is -0.481 e. The molecule has 0 atom stereocenters. The van der Waals surface area contributed by atoms with Gasteiger partial charge in [0.25, 0.3) is 0 Å². The van der Waals surface area contributed by atoms with Gasteiger partial charge in [0, 0.05) is 0 Å². The van der Waals surface area contributed by atoms with E-state index in [1.807, 2.05) is 0 Å². The second-order valence-corrected chi connectivity index (χ2v) is 2.59. The smallest absolute Gasteiger partial charge is 0.311 e. The average molecular weight is 169 g/mol. The van der Waals surface area contributed by atoms with Crippen molar-refractivity contribution in [1.29, 1.82) is 0 Å². The molecular formula is C8H11NO3. The standard InChI is InChI=1S/C8H11NO3/c1-5-2-6(4-9)12-7(5)3-8(10)11/h2H,3-4,9H2,1H3,(H,10,11). The van der Waals surface area contributed by atoms with E-state index in [2.05, 4.69) is 0 Å². The summed E-state index contributed by atoms with van der Waals surface area (Å²) in [7, 11) is 0. The molecule has 0 aliphatic carbocycles. The third-order valence-corrected chi connectivity index (χ3v) is 1.58. The van der Waals surface area contributed by atoms with E-state index in [1.165, 1.54) is 0 Å². The second-order valence-electron chi connectivity index (χ2n) is 2.59. The number of carbonyl (C=O) groups is 1. The molecule has 0 aromatic carbocycles.